The number of rotatable bonds is 6. The fourth-order valence-corrected chi connectivity index (χ4v) is 5.76. The van der Waals surface area contributed by atoms with Gasteiger partial charge < -0.3 is 0 Å². The molecule has 8 heteroatoms. The molecule has 1 unspecified atom stereocenters. The van der Waals surface area contributed by atoms with Crippen LogP contribution in [0.15, 0.2) is 87.0 Å². The van der Waals surface area contributed by atoms with Crippen LogP contribution in [0.5, 0.6) is 0 Å². The highest BCUT2D eigenvalue weighted by atomic mass is 79.9. The highest BCUT2D eigenvalue weighted by Gasteiger charge is 2.32. The van der Waals surface area contributed by atoms with Gasteiger partial charge in [0.2, 0.25) is 10.0 Å². The van der Waals surface area contributed by atoms with Crippen molar-refractivity contribution in [2.45, 2.75) is 31.7 Å². The monoisotopic (exact) mass is 525 g/mol. The Balaban J connectivity index is 1.93. The van der Waals surface area contributed by atoms with E-state index in [0.29, 0.717) is 22.4 Å². The average molecular weight is 526 g/mol. The molecule has 4 aromatic rings. The van der Waals surface area contributed by atoms with E-state index in [0.717, 1.165) is 10.0 Å². The van der Waals surface area contributed by atoms with Gasteiger partial charge in [0.05, 0.1) is 27.5 Å². The molecular weight excluding hydrogens is 502 g/mol. The number of aryl methyl sites for hydroxylation is 1. The van der Waals surface area contributed by atoms with E-state index in [1.807, 2.05) is 37.3 Å². The Hall–Kier alpha value is -2.81. The molecule has 0 aliphatic carbocycles. The molecule has 3 aromatic carbocycles. The molecule has 0 spiro atoms. The summed E-state index contributed by atoms with van der Waals surface area (Å²) in [7, 11) is -3.82. The third kappa shape index (κ3) is 4.38. The van der Waals surface area contributed by atoms with E-state index in [9.17, 15) is 13.2 Å². The van der Waals surface area contributed by atoms with Gasteiger partial charge in [-0.05, 0) is 62.4 Å². The van der Waals surface area contributed by atoms with Crippen LogP contribution in [-0.2, 0) is 10.0 Å². The Labute approximate surface area is 201 Å². The highest BCUT2D eigenvalue weighted by molar-refractivity contribution is 9.10. The molecule has 0 saturated heterocycles. The predicted octanol–water partition coefficient (Wildman–Crippen LogP) is 5.23. The van der Waals surface area contributed by atoms with E-state index in [1.54, 1.807) is 56.3 Å². The number of hydrogen-bond donors (Lipinski definition) is 0. The van der Waals surface area contributed by atoms with Gasteiger partial charge >= 0.3 is 0 Å². The van der Waals surface area contributed by atoms with E-state index in [4.69, 9.17) is 4.98 Å². The van der Waals surface area contributed by atoms with E-state index in [-0.39, 0.29) is 17.0 Å². The van der Waals surface area contributed by atoms with Crippen LogP contribution in [0.25, 0.3) is 16.6 Å². The molecule has 0 aliphatic rings. The molecule has 0 aliphatic heterocycles. The van der Waals surface area contributed by atoms with Crippen molar-refractivity contribution in [3.05, 3.63) is 99.0 Å². The molecule has 4 rings (SSSR count). The van der Waals surface area contributed by atoms with E-state index < -0.39 is 16.1 Å². The van der Waals surface area contributed by atoms with Gasteiger partial charge in [0, 0.05) is 11.0 Å². The third-order valence-electron chi connectivity index (χ3n) is 5.63. The predicted molar refractivity (Wildman–Crippen MR) is 134 cm³/mol. The van der Waals surface area contributed by atoms with Crippen molar-refractivity contribution < 1.29 is 8.42 Å². The van der Waals surface area contributed by atoms with E-state index in [1.165, 1.54) is 8.87 Å². The second kappa shape index (κ2) is 9.21. The minimum atomic E-state index is -3.82. The average Bonchev–Trinajstić information content (AvgIpc) is 2.80. The summed E-state index contributed by atoms with van der Waals surface area (Å²) in [4.78, 5) is 18.5. The van der Waals surface area contributed by atoms with E-state index in [2.05, 4.69) is 15.9 Å². The lowest BCUT2D eigenvalue weighted by atomic mass is 10.2. The summed E-state index contributed by atoms with van der Waals surface area (Å²) in [5.74, 6) is 0.360. The van der Waals surface area contributed by atoms with Crippen LogP contribution in [0.1, 0.15) is 31.3 Å². The lowest BCUT2D eigenvalue weighted by Crippen LogP contribution is -2.37. The minimum Gasteiger partial charge on any atom is -0.268 e. The quantitative estimate of drug-likeness (QED) is 0.345. The number of benzene rings is 3. The zero-order valence-electron chi connectivity index (χ0n) is 18.6. The van der Waals surface area contributed by atoms with Crippen LogP contribution in [0, 0.1) is 6.92 Å². The van der Waals surface area contributed by atoms with Crippen molar-refractivity contribution in [2.75, 3.05) is 6.54 Å². The zero-order valence-corrected chi connectivity index (χ0v) is 21.0. The van der Waals surface area contributed by atoms with Crippen molar-refractivity contribution in [1.29, 1.82) is 0 Å². The van der Waals surface area contributed by atoms with Gasteiger partial charge in [0.25, 0.3) is 5.56 Å². The summed E-state index contributed by atoms with van der Waals surface area (Å²) in [5, 5.41) is 0.473. The summed E-state index contributed by atoms with van der Waals surface area (Å²) >= 11 is 3.42. The first-order valence-electron chi connectivity index (χ1n) is 10.6. The Bertz CT molecular complexity index is 1460. The number of fused-ring (bicyclic) bond motifs is 1. The summed E-state index contributed by atoms with van der Waals surface area (Å²) in [5.41, 5.74) is 1.88. The normalized spacial score (nSPS) is 12.9. The Morgan fingerprint density at radius 3 is 2.27 bits per heavy atom. The molecule has 1 atom stereocenters. The van der Waals surface area contributed by atoms with Crippen LogP contribution in [0.4, 0.5) is 0 Å². The maximum Gasteiger partial charge on any atom is 0.266 e. The number of hydrogen-bond acceptors (Lipinski definition) is 4. The summed E-state index contributed by atoms with van der Waals surface area (Å²) in [6.07, 6.45) is 0. The Morgan fingerprint density at radius 1 is 1.00 bits per heavy atom. The fraction of sp³-hybridized carbons (Fsp3) is 0.200. The maximum atomic E-state index is 13.6. The smallest absolute Gasteiger partial charge is 0.266 e. The molecule has 0 saturated carbocycles. The lowest BCUT2D eigenvalue weighted by Gasteiger charge is -2.28. The largest absolute Gasteiger partial charge is 0.268 e. The topological polar surface area (TPSA) is 72.3 Å². The molecule has 0 N–H and O–H groups in total. The SMILES string of the molecule is CCN(C(C)c1nc2ccccc2c(=O)n1-c1ccc(Br)cc1)S(=O)(=O)c1ccc(C)cc1. The second-order valence-corrected chi connectivity index (χ2v) is 10.6. The summed E-state index contributed by atoms with van der Waals surface area (Å²) < 4.78 is 30.8. The van der Waals surface area contributed by atoms with Crippen molar-refractivity contribution in [1.82, 2.24) is 13.9 Å². The Morgan fingerprint density at radius 2 is 1.64 bits per heavy atom. The van der Waals surface area contributed by atoms with Crippen LogP contribution in [0.3, 0.4) is 0 Å². The van der Waals surface area contributed by atoms with Crippen molar-refractivity contribution in [3.8, 4) is 5.69 Å². The first kappa shape index (κ1) is 23.4. The van der Waals surface area contributed by atoms with Crippen LogP contribution in [0.2, 0.25) is 0 Å². The standard InChI is InChI=1S/C25H24BrN3O3S/c1-4-28(33(31,32)21-15-9-17(2)10-16-21)18(3)24-27-23-8-6-5-7-22(23)25(30)29(24)20-13-11-19(26)12-14-20/h5-16,18H,4H2,1-3H3. The molecule has 0 fully saturated rings. The van der Waals surface area contributed by atoms with Crippen molar-refractivity contribution in [2.24, 2.45) is 0 Å². The molecule has 0 bridgehead atoms. The fourth-order valence-electron chi connectivity index (χ4n) is 3.90. The van der Waals surface area contributed by atoms with Crippen LogP contribution >= 0.6 is 15.9 Å². The maximum absolute atomic E-state index is 13.6. The molecule has 0 amide bonds. The summed E-state index contributed by atoms with van der Waals surface area (Å²) in [6, 6.07) is 20.5. The molecule has 0 radical (unpaired) electrons. The Kier molecular flexibility index (Phi) is 6.52. The summed E-state index contributed by atoms with van der Waals surface area (Å²) in [6.45, 7) is 5.68. The van der Waals surface area contributed by atoms with Gasteiger partial charge in [-0.3, -0.25) is 9.36 Å². The number of nitrogens with zero attached hydrogens (tertiary/aromatic N) is 3. The molecular formula is C25H24BrN3O3S. The first-order valence-corrected chi connectivity index (χ1v) is 12.8. The first-order chi connectivity index (χ1) is 15.7. The molecule has 33 heavy (non-hydrogen) atoms. The number of para-hydroxylation sites is 1. The number of aromatic nitrogens is 2. The molecule has 1 heterocycles. The molecule has 6 nitrogen and oxygen atoms in total. The number of halogens is 1. The van der Waals surface area contributed by atoms with Gasteiger partial charge in [0.15, 0.2) is 0 Å². The van der Waals surface area contributed by atoms with Crippen LogP contribution in [-0.4, -0.2) is 28.8 Å². The van der Waals surface area contributed by atoms with Crippen molar-refractivity contribution >= 4 is 36.9 Å². The van der Waals surface area contributed by atoms with Gasteiger partial charge in [-0.2, -0.15) is 4.31 Å². The second-order valence-electron chi connectivity index (χ2n) is 7.80. The number of sulfonamides is 1. The zero-order chi connectivity index (χ0) is 23.8. The highest BCUT2D eigenvalue weighted by Crippen LogP contribution is 2.28. The van der Waals surface area contributed by atoms with Gasteiger partial charge in [-0.25, -0.2) is 13.4 Å². The van der Waals surface area contributed by atoms with Crippen molar-refractivity contribution in [3.63, 3.8) is 0 Å². The molecule has 1 aromatic heterocycles. The third-order valence-corrected chi connectivity index (χ3v) is 8.22. The van der Waals surface area contributed by atoms with Gasteiger partial charge in [0.1, 0.15) is 5.82 Å². The van der Waals surface area contributed by atoms with Crippen LogP contribution < -0.4 is 5.56 Å². The minimum absolute atomic E-state index is 0.208. The van der Waals surface area contributed by atoms with Gasteiger partial charge in [-0.15, -0.1) is 0 Å². The lowest BCUT2D eigenvalue weighted by molar-refractivity contribution is 0.340. The van der Waals surface area contributed by atoms with Gasteiger partial charge in [-0.1, -0.05) is 52.7 Å². The molecule has 170 valence electrons. The van der Waals surface area contributed by atoms with E-state index >= 15 is 0 Å².